The van der Waals surface area contributed by atoms with Gasteiger partial charge in [-0.05, 0) is 66.4 Å². The van der Waals surface area contributed by atoms with Gasteiger partial charge in [-0.2, -0.15) is 11.3 Å². The molecule has 1 N–H and O–H groups in total. The van der Waals surface area contributed by atoms with Crippen molar-refractivity contribution < 1.29 is 9.72 Å². The van der Waals surface area contributed by atoms with Gasteiger partial charge in [0.05, 0.1) is 4.92 Å². The van der Waals surface area contributed by atoms with Crippen LogP contribution in [0, 0.1) is 16.0 Å². The maximum Gasteiger partial charge on any atom is 0.269 e. The fourth-order valence-corrected chi connectivity index (χ4v) is 3.72. The van der Waals surface area contributed by atoms with Crippen molar-refractivity contribution in [1.29, 1.82) is 0 Å². The Kier molecular flexibility index (Phi) is 5.78. The second-order valence-electron chi connectivity index (χ2n) is 6.37. The Morgan fingerprint density at radius 1 is 1.24 bits per heavy atom. The van der Waals surface area contributed by atoms with E-state index in [0.29, 0.717) is 18.0 Å². The molecule has 2 heterocycles. The van der Waals surface area contributed by atoms with E-state index in [0.717, 1.165) is 32.5 Å². The fraction of sp³-hybridized carbons (Fsp3) is 0.389. The summed E-state index contributed by atoms with van der Waals surface area (Å²) in [5, 5.41) is 17.9. The van der Waals surface area contributed by atoms with Crippen molar-refractivity contribution in [3.63, 3.8) is 0 Å². The highest BCUT2D eigenvalue weighted by Gasteiger charge is 2.20. The van der Waals surface area contributed by atoms with E-state index < -0.39 is 4.92 Å². The van der Waals surface area contributed by atoms with Crippen LogP contribution in [0.1, 0.15) is 28.8 Å². The molecule has 0 radical (unpaired) electrons. The number of likely N-dealkylation sites (tertiary alicyclic amines) is 1. The van der Waals surface area contributed by atoms with Crippen LogP contribution in [0.25, 0.3) is 0 Å². The number of carbonyl (C=O) groups excluding carboxylic acids is 1. The zero-order chi connectivity index (χ0) is 17.6. The van der Waals surface area contributed by atoms with Gasteiger partial charge in [0.2, 0.25) is 0 Å². The normalized spacial score (nSPS) is 15.8. The van der Waals surface area contributed by atoms with Crippen LogP contribution in [0.4, 0.5) is 5.69 Å². The lowest BCUT2D eigenvalue weighted by Crippen LogP contribution is -2.38. The van der Waals surface area contributed by atoms with E-state index in [-0.39, 0.29) is 11.6 Å². The summed E-state index contributed by atoms with van der Waals surface area (Å²) in [6.45, 7) is 3.76. The van der Waals surface area contributed by atoms with Crippen molar-refractivity contribution in [3.05, 3.63) is 62.3 Å². The Labute approximate surface area is 150 Å². The number of carbonyl (C=O) groups is 1. The highest BCUT2D eigenvalue weighted by atomic mass is 32.1. The molecular weight excluding hydrogens is 338 g/mol. The average molecular weight is 359 g/mol. The van der Waals surface area contributed by atoms with Crippen molar-refractivity contribution >= 4 is 22.9 Å². The average Bonchev–Trinajstić information content (AvgIpc) is 3.14. The quantitative estimate of drug-likeness (QED) is 0.634. The molecular formula is C18H21N3O3S. The predicted molar refractivity (Wildman–Crippen MR) is 97.7 cm³/mol. The molecule has 0 spiro atoms. The third-order valence-electron chi connectivity index (χ3n) is 4.59. The van der Waals surface area contributed by atoms with Crippen molar-refractivity contribution in [2.24, 2.45) is 5.92 Å². The van der Waals surface area contributed by atoms with Crippen LogP contribution >= 0.6 is 11.3 Å². The van der Waals surface area contributed by atoms with Gasteiger partial charge in [0, 0.05) is 30.8 Å². The summed E-state index contributed by atoms with van der Waals surface area (Å²) in [6.07, 6.45) is 2.15. The number of thiophene rings is 1. The predicted octanol–water partition coefficient (Wildman–Crippen LogP) is 3.30. The van der Waals surface area contributed by atoms with Crippen LogP contribution in [0.3, 0.4) is 0 Å². The summed E-state index contributed by atoms with van der Waals surface area (Å²) in [5.41, 5.74) is 1.82. The Morgan fingerprint density at radius 3 is 2.56 bits per heavy atom. The summed E-state index contributed by atoms with van der Waals surface area (Å²) < 4.78 is 0. The standard InChI is InChI=1S/C18H21N3O3S/c22-18(16-1-3-17(4-2-16)21(23)24)19-11-14-5-8-20(9-6-14)12-15-7-10-25-13-15/h1-4,7,10,13-14H,5-6,8-9,11-12H2,(H,19,22). The molecule has 1 aromatic carbocycles. The lowest BCUT2D eigenvalue weighted by molar-refractivity contribution is -0.384. The van der Waals surface area contributed by atoms with E-state index in [9.17, 15) is 14.9 Å². The van der Waals surface area contributed by atoms with E-state index in [1.165, 1.54) is 29.8 Å². The van der Waals surface area contributed by atoms with Gasteiger partial charge in [0.15, 0.2) is 0 Å². The molecule has 0 saturated carbocycles. The van der Waals surface area contributed by atoms with Gasteiger partial charge in [-0.15, -0.1) is 0 Å². The van der Waals surface area contributed by atoms with Gasteiger partial charge in [-0.25, -0.2) is 0 Å². The molecule has 1 aromatic heterocycles. The molecule has 1 saturated heterocycles. The van der Waals surface area contributed by atoms with Gasteiger partial charge in [0.1, 0.15) is 0 Å². The topological polar surface area (TPSA) is 75.5 Å². The van der Waals surface area contributed by atoms with Crippen LogP contribution in [-0.2, 0) is 6.54 Å². The first-order chi connectivity index (χ1) is 12.1. The number of benzene rings is 1. The molecule has 6 nitrogen and oxygen atoms in total. The molecule has 3 rings (SSSR count). The maximum absolute atomic E-state index is 12.2. The first kappa shape index (κ1) is 17.6. The number of non-ortho nitro benzene ring substituents is 1. The Hall–Kier alpha value is -2.25. The molecule has 1 aliphatic heterocycles. The molecule has 25 heavy (non-hydrogen) atoms. The molecule has 0 bridgehead atoms. The summed E-state index contributed by atoms with van der Waals surface area (Å²) in [4.78, 5) is 24.8. The fourth-order valence-electron chi connectivity index (χ4n) is 3.06. The summed E-state index contributed by atoms with van der Waals surface area (Å²) in [5.74, 6) is 0.316. The van der Waals surface area contributed by atoms with Crippen molar-refractivity contribution in [2.75, 3.05) is 19.6 Å². The van der Waals surface area contributed by atoms with Gasteiger partial charge in [-0.3, -0.25) is 19.8 Å². The Bertz CT molecular complexity index is 708. The van der Waals surface area contributed by atoms with E-state index in [1.807, 2.05) is 0 Å². The van der Waals surface area contributed by atoms with Crippen LogP contribution < -0.4 is 5.32 Å². The molecule has 132 valence electrons. The Balaban J connectivity index is 1.41. The maximum atomic E-state index is 12.2. The third kappa shape index (κ3) is 4.87. The van der Waals surface area contributed by atoms with Crippen molar-refractivity contribution in [1.82, 2.24) is 10.2 Å². The van der Waals surface area contributed by atoms with Gasteiger partial charge >= 0.3 is 0 Å². The number of nitro benzene ring substituents is 1. The SMILES string of the molecule is O=C(NCC1CCN(Cc2ccsc2)CC1)c1ccc([N+](=O)[O-])cc1. The number of nitrogens with one attached hydrogen (secondary N) is 1. The first-order valence-corrected chi connectivity index (χ1v) is 9.32. The molecule has 0 unspecified atom stereocenters. The van der Waals surface area contributed by atoms with Gasteiger partial charge in [0.25, 0.3) is 11.6 Å². The number of nitrogens with zero attached hydrogens (tertiary/aromatic N) is 2. The van der Waals surface area contributed by atoms with Crippen LogP contribution in [0.2, 0.25) is 0 Å². The van der Waals surface area contributed by atoms with E-state index in [1.54, 1.807) is 11.3 Å². The zero-order valence-corrected chi connectivity index (χ0v) is 14.7. The van der Waals surface area contributed by atoms with Crippen LogP contribution in [0.15, 0.2) is 41.1 Å². The first-order valence-electron chi connectivity index (χ1n) is 8.38. The summed E-state index contributed by atoms with van der Waals surface area (Å²) >= 11 is 1.73. The molecule has 0 aliphatic carbocycles. The second-order valence-corrected chi connectivity index (χ2v) is 7.15. The second kappa shape index (κ2) is 8.22. The van der Waals surface area contributed by atoms with Gasteiger partial charge < -0.3 is 5.32 Å². The Morgan fingerprint density at radius 2 is 1.96 bits per heavy atom. The molecule has 2 aromatic rings. The molecule has 1 amide bonds. The monoisotopic (exact) mass is 359 g/mol. The third-order valence-corrected chi connectivity index (χ3v) is 5.32. The number of hydrogen-bond donors (Lipinski definition) is 1. The lowest BCUT2D eigenvalue weighted by Gasteiger charge is -2.31. The highest BCUT2D eigenvalue weighted by Crippen LogP contribution is 2.19. The molecule has 1 fully saturated rings. The minimum absolute atomic E-state index is 0.00505. The molecule has 1 aliphatic rings. The van der Waals surface area contributed by atoms with E-state index in [4.69, 9.17) is 0 Å². The molecule has 7 heteroatoms. The number of rotatable bonds is 6. The van der Waals surface area contributed by atoms with Crippen molar-refractivity contribution in [2.45, 2.75) is 19.4 Å². The van der Waals surface area contributed by atoms with Crippen molar-refractivity contribution in [3.8, 4) is 0 Å². The smallest absolute Gasteiger partial charge is 0.269 e. The summed E-state index contributed by atoms with van der Waals surface area (Å²) in [7, 11) is 0. The van der Waals surface area contributed by atoms with Crippen LogP contribution in [0.5, 0.6) is 0 Å². The van der Waals surface area contributed by atoms with E-state index >= 15 is 0 Å². The van der Waals surface area contributed by atoms with E-state index in [2.05, 4.69) is 27.0 Å². The minimum Gasteiger partial charge on any atom is -0.352 e. The van der Waals surface area contributed by atoms with Gasteiger partial charge in [-0.1, -0.05) is 0 Å². The minimum atomic E-state index is -0.467. The number of amides is 1. The molecule has 0 atom stereocenters. The largest absolute Gasteiger partial charge is 0.352 e. The number of piperidine rings is 1. The van der Waals surface area contributed by atoms with Crippen LogP contribution in [-0.4, -0.2) is 35.4 Å². The lowest BCUT2D eigenvalue weighted by atomic mass is 9.96. The number of hydrogen-bond acceptors (Lipinski definition) is 5. The highest BCUT2D eigenvalue weighted by molar-refractivity contribution is 7.07. The number of nitro groups is 1. The zero-order valence-electron chi connectivity index (χ0n) is 13.9. The summed E-state index contributed by atoms with van der Waals surface area (Å²) in [6, 6.07) is 7.88.